The minimum atomic E-state index is -3.68. The van der Waals surface area contributed by atoms with Crippen LogP contribution in [0.15, 0.2) is 29.2 Å². The van der Waals surface area contributed by atoms with Gasteiger partial charge in [-0.05, 0) is 74.6 Å². The summed E-state index contributed by atoms with van der Waals surface area (Å²) < 4.78 is 38.9. The summed E-state index contributed by atoms with van der Waals surface area (Å²) in [6.07, 6.45) is 0. The van der Waals surface area contributed by atoms with Crippen molar-refractivity contribution in [1.82, 2.24) is 4.72 Å². The maximum Gasteiger partial charge on any atom is 0.244 e. The SMILES string of the molecule is COc1cc(C)c(C)cc1S(=O)(=O)NCCOc1c(C)ccc(C)c1C. The molecule has 0 spiro atoms. The molecule has 0 heterocycles. The van der Waals surface area contributed by atoms with Crippen LogP contribution in [0.3, 0.4) is 0 Å². The van der Waals surface area contributed by atoms with E-state index >= 15 is 0 Å². The highest BCUT2D eigenvalue weighted by atomic mass is 32.2. The van der Waals surface area contributed by atoms with Crippen molar-refractivity contribution in [3.05, 3.63) is 52.1 Å². The van der Waals surface area contributed by atoms with E-state index < -0.39 is 10.0 Å². The lowest BCUT2D eigenvalue weighted by atomic mass is 10.1. The van der Waals surface area contributed by atoms with Crippen molar-refractivity contribution in [2.75, 3.05) is 20.3 Å². The Morgan fingerprint density at radius 1 is 0.923 bits per heavy atom. The second-order valence-electron chi connectivity index (χ2n) is 6.49. The van der Waals surface area contributed by atoms with Gasteiger partial charge in [0.05, 0.1) is 7.11 Å². The molecule has 0 saturated heterocycles. The molecule has 0 aliphatic heterocycles. The van der Waals surface area contributed by atoms with Gasteiger partial charge in [-0.3, -0.25) is 0 Å². The van der Waals surface area contributed by atoms with E-state index in [2.05, 4.69) is 4.72 Å². The van der Waals surface area contributed by atoms with Crippen LogP contribution < -0.4 is 14.2 Å². The van der Waals surface area contributed by atoms with Gasteiger partial charge < -0.3 is 9.47 Å². The lowest BCUT2D eigenvalue weighted by Gasteiger charge is -2.15. The van der Waals surface area contributed by atoms with E-state index in [1.54, 1.807) is 12.1 Å². The molecule has 6 heteroatoms. The molecule has 2 rings (SSSR count). The van der Waals surface area contributed by atoms with Crippen molar-refractivity contribution in [1.29, 1.82) is 0 Å². The summed E-state index contributed by atoms with van der Waals surface area (Å²) >= 11 is 0. The monoisotopic (exact) mass is 377 g/mol. The molecule has 0 amide bonds. The van der Waals surface area contributed by atoms with E-state index in [-0.39, 0.29) is 18.0 Å². The average Bonchev–Trinajstić information content (AvgIpc) is 2.59. The Bertz CT molecular complexity index is 905. The molecule has 5 nitrogen and oxygen atoms in total. The number of rotatable bonds is 7. The molecule has 0 atom stereocenters. The maximum absolute atomic E-state index is 12.6. The number of hydrogen-bond acceptors (Lipinski definition) is 4. The van der Waals surface area contributed by atoms with Crippen LogP contribution >= 0.6 is 0 Å². The average molecular weight is 378 g/mol. The number of benzene rings is 2. The van der Waals surface area contributed by atoms with Gasteiger partial charge in [-0.25, -0.2) is 13.1 Å². The van der Waals surface area contributed by atoms with Crippen LogP contribution in [0.2, 0.25) is 0 Å². The molecular weight excluding hydrogens is 350 g/mol. The Kier molecular flexibility index (Phi) is 6.31. The van der Waals surface area contributed by atoms with Gasteiger partial charge in [0.15, 0.2) is 0 Å². The first-order valence-electron chi connectivity index (χ1n) is 8.52. The smallest absolute Gasteiger partial charge is 0.244 e. The van der Waals surface area contributed by atoms with Crippen molar-refractivity contribution in [2.24, 2.45) is 0 Å². The third-order valence-corrected chi connectivity index (χ3v) is 6.07. The van der Waals surface area contributed by atoms with E-state index in [1.807, 2.05) is 46.8 Å². The minimum absolute atomic E-state index is 0.144. The first-order chi connectivity index (χ1) is 12.2. The molecule has 2 aromatic rings. The standard InChI is InChI=1S/C20H27NO4S/c1-13-7-8-14(2)20(17(13)5)25-10-9-21-26(22,23)19-12-16(4)15(3)11-18(19)24-6/h7-8,11-12,21H,9-10H2,1-6H3. The highest BCUT2D eigenvalue weighted by Gasteiger charge is 2.20. The van der Waals surface area contributed by atoms with Gasteiger partial charge in [-0.2, -0.15) is 0 Å². The predicted molar refractivity (Wildman–Crippen MR) is 104 cm³/mol. The number of nitrogens with one attached hydrogen (secondary N) is 1. The van der Waals surface area contributed by atoms with E-state index in [4.69, 9.17) is 9.47 Å². The van der Waals surface area contributed by atoms with Crippen LogP contribution in [0.5, 0.6) is 11.5 Å². The molecular formula is C20H27NO4S. The minimum Gasteiger partial charge on any atom is -0.495 e. The van der Waals surface area contributed by atoms with Crippen molar-refractivity contribution >= 4 is 10.0 Å². The van der Waals surface area contributed by atoms with Crippen LogP contribution in [-0.2, 0) is 10.0 Å². The summed E-state index contributed by atoms with van der Waals surface area (Å²) in [5.74, 6) is 1.15. The third-order valence-electron chi connectivity index (χ3n) is 4.58. The van der Waals surface area contributed by atoms with Gasteiger partial charge in [-0.15, -0.1) is 0 Å². The molecule has 2 aromatic carbocycles. The van der Waals surface area contributed by atoms with Crippen LogP contribution in [0, 0.1) is 34.6 Å². The lowest BCUT2D eigenvalue weighted by molar-refractivity contribution is 0.318. The number of methoxy groups -OCH3 is 1. The van der Waals surface area contributed by atoms with E-state index in [1.165, 1.54) is 7.11 Å². The Labute approximate surface area is 156 Å². The highest BCUT2D eigenvalue weighted by Crippen LogP contribution is 2.27. The molecule has 142 valence electrons. The molecule has 0 aromatic heterocycles. The van der Waals surface area contributed by atoms with Gasteiger partial charge in [0, 0.05) is 6.54 Å². The summed E-state index contributed by atoms with van der Waals surface area (Å²) in [7, 11) is -2.21. The van der Waals surface area contributed by atoms with Crippen molar-refractivity contribution in [3.8, 4) is 11.5 Å². The fraction of sp³-hybridized carbons (Fsp3) is 0.400. The van der Waals surface area contributed by atoms with E-state index in [0.29, 0.717) is 5.75 Å². The van der Waals surface area contributed by atoms with Crippen LogP contribution in [0.1, 0.15) is 27.8 Å². The van der Waals surface area contributed by atoms with Crippen molar-refractivity contribution in [3.63, 3.8) is 0 Å². The molecule has 0 aliphatic rings. The van der Waals surface area contributed by atoms with E-state index in [9.17, 15) is 8.42 Å². The molecule has 0 radical (unpaired) electrons. The Morgan fingerprint density at radius 3 is 2.19 bits per heavy atom. The lowest BCUT2D eigenvalue weighted by Crippen LogP contribution is -2.29. The molecule has 0 aliphatic carbocycles. The normalized spacial score (nSPS) is 11.5. The summed E-state index contributed by atoms with van der Waals surface area (Å²) in [4.78, 5) is 0.144. The number of aryl methyl sites for hydroxylation is 4. The van der Waals surface area contributed by atoms with Crippen LogP contribution in [0.4, 0.5) is 0 Å². The van der Waals surface area contributed by atoms with Crippen LogP contribution in [0.25, 0.3) is 0 Å². The topological polar surface area (TPSA) is 64.6 Å². The first kappa shape index (κ1) is 20.3. The number of ether oxygens (including phenoxy) is 2. The quantitative estimate of drug-likeness (QED) is 0.749. The van der Waals surface area contributed by atoms with Gasteiger partial charge in [-0.1, -0.05) is 12.1 Å². The van der Waals surface area contributed by atoms with E-state index in [0.717, 1.165) is 33.6 Å². The van der Waals surface area contributed by atoms with Gasteiger partial charge in [0.1, 0.15) is 23.0 Å². The third kappa shape index (κ3) is 4.37. The molecule has 0 bridgehead atoms. The predicted octanol–water partition coefficient (Wildman–Crippen LogP) is 3.59. The summed E-state index contributed by atoms with van der Waals surface area (Å²) in [5.41, 5.74) is 5.13. The maximum atomic E-state index is 12.6. The van der Waals surface area contributed by atoms with Gasteiger partial charge in [0.25, 0.3) is 0 Å². The molecule has 0 saturated carbocycles. The zero-order chi connectivity index (χ0) is 19.5. The van der Waals surface area contributed by atoms with Crippen molar-refractivity contribution < 1.29 is 17.9 Å². The second kappa shape index (κ2) is 8.10. The summed E-state index contributed by atoms with van der Waals surface area (Å²) in [6, 6.07) is 7.42. The largest absolute Gasteiger partial charge is 0.495 e. The zero-order valence-electron chi connectivity index (χ0n) is 16.3. The van der Waals surface area contributed by atoms with Crippen molar-refractivity contribution in [2.45, 2.75) is 39.5 Å². The van der Waals surface area contributed by atoms with Gasteiger partial charge in [0.2, 0.25) is 10.0 Å². The fourth-order valence-corrected chi connectivity index (χ4v) is 3.93. The Balaban J connectivity index is 2.08. The fourth-order valence-electron chi connectivity index (χ4n) is 2.69. The van der Waals surface area contributed by atoms with Gasteiger partial charge >= 0.3 is 0 Å². The summed E-state index contributed by atoms with van der Waals surface area (Å²) in [5, 5.41) is 0. The van der Waals surface area contributed by atoms with Crippen LogP contribution in [-0.4, -0.2) is 28.7 Å². The Morgan fingerprint density at radius 2 is 1.54 bits per heavy atom. The zero-order valence-corrected chi connectivity index (χ0v) is 17.1. The molecule has 1 N–H and O–H groups in total. The number of hydrogen-bond donors (Lipinski definition) is 1. The molecule has 26 heavy (non-hydrogen) atoms. The second-order valence-corrected chi connectivity index (χ2v) is 8.22. The Hall–Kier alpha value is -2.05. The molecule has 0 unspecified atom stereocenters. The number of sulfonamides is 1. The molecule has 0 fully saturated rings. The highest BCUT2D eigenvalue weighted by molar-refractivity contribution is 7.89. The summed E-state index contributed by atoms with van der Waals surface area (Å²) in [6.45, 7) is 10.2. The first-order valence-corrected chi connectivity index (χ1v) is 10.00.